The average molecular weight is 876 g/mol. The van der Waals surface area contributed by atoms with Gasteiger partial charge in [-0.2, -0.15) is 0 Å². The van der Waals surface area contributed by atoms with Crippen molar-refractivity contribution in [3.63, 3.8) is 0 Å². The fraction of sp³-hybridized carbons (Fsp3) is 1.00. The van der Waals surface area contributed by atoms with E-state index in [0.29, 0.717) is 26.4 Å². The van der Waals surface area contributed by atoms with E-state index in [1.165, 1.54) is 154 Å². The molecule has 0 aromatic heterocycles. The monoisotopic (exact) mass is 876 g/mol. The first-order chi connectivity index (χ1) is 22.2. The van der Waals surface area contributed by atoms with Gasteiger partial charge in [0.2, 0.25) is 0 Å². The minimum absolute atomic E-state index is 0. The third-order valence-corrected chi connectivity index (χ3v) is 12.5. The summed E-state index contributed by atoms with van der Waals surface area (Å²) in [4.78, 5) is 0. The summed E-state index contributed by atoms with van der Waals surface area (Å²) in [5.41, 5.74) is -4.82. The number of rotatable bonds is 36. The van der Waals surface area contributed by atoms with E-state index in [1.54, 1.807) is 0 Å². The summed E-state index contributed by atoms with van der Waals surface area (Å²) in [6.07, 6.45) is 35.7. The van der Waals surface area contributed by atoms with Crippen molar-refractivity contribution in [3.8, 4) is 0 Å². The Balaban J connectivity index is -0.000000807. The van der Waals surface area contributed by atoms with Crippen LogP contribution in [0.3, 0.4) is 0 Å². The third kappa shape index (κ3) is 48.8. The molecular formula is C36H76CdO4P2S4. The van der Waals surface area contributed by atoms with E-state index >= 15 is 0 Å². The predicted octanol–water partition coefficient (Wildman–Crippen LogP) is 14.6. The van der Waals surface area contributed by atoms with E-state index in [4.69, 9.17) is 66.2 Å². The van der Waals surface area contributed by atoms with Crippen molar-refractivity contribution in [2.24, 2.45) is 0 Å². The van der Waals surface area contributed by atoms with Gasteiger partial charge in [-0.15, -0.1) is 0 Å². The van der Waals surface area contributed by atoms with Gasteiger partial charge in [-0.3, -0.25) is 0 Å². The minimum atomic E-state index is -2.41. The first kappa shape index (κ1) is 54.1. The molecule has 0 aliphatic carbocycles. The van der Waals surface area contributed by atoms with E-state index in [1.807, 2.05) is 0 Å². The molecule has 0 aromatic rings. The van der Waals surface area contributed by atoms with Crippen LogP contribution in [0.1, 0.15) is 207 Å². The van der Waals surface area contributed by atoms with Gasteiger partial charge < -0.3 is 42.6 Å². The Hall–Kier alpha value is 2.76. The number of unbranched alkanes of at least 4 members (excludes halogenated alkanes) is 24. The van der Waals surface area contributed by atoms with Gasteiger partial charge in [-0.25, -0.2) is 0 Å². The fourth-order valence-electron chi connectivity index (χ4n) is 5.02. The first-order valence-electron chi connectivity index (χ1n) is 19.4. The molecule has 0 rings (SSSR count). The van der Waals surface area contributed by atoms with Gasteiger partial charge in [0.15, 0.2) is 0 Å². The number of hydrogen-bond donors (Lipinski definition) is 0. The van der Waals surface area contributed by atoms with Crippen molar-refractivity contribution < 1.29 is 45.4 Å². The van der Waals surface area contributed by atoms with E-state index in [0.717, 1.165) is 25.7 Å². The van der Waals surface area contributed by atoms with E-state index < -0.39 is 11.4 Å². The average Bonchev–Trinajstić information content (AvgIpc) is 3.02. The Labute approximate surface area is 336 Å². The third-order valence-electron chi connectivity index (χ3n) is 7.99. The summed E-state index contributed by atoms with van der Waals surface area (Å²) >= 11 is 21.2. The van der Waals surface area contributed by atoms with Crippen molar-refractivity contribution in [3.05, 3.63) is 0 Å². The molecule has 0 spiro atoms. The van der Waals surface area contributed by atoms with Crippen molar-refractivity contribution in [2.75, 3.05) is 26.4 Å². The summed E-state index contributed by atoms with van der Waals surface area (Å²) in [5.74, 6) is 0. The largest absolute Gasteiger partial charge is 2.00 e. The minimum Gasteiger partial charge on any atom is -0.691 e. The molecule has 11 heteroatoms. The summed E-state index contributed by atoms with van der Waals surface area (Å²) < 4.78 is 22.5. The molecule has 0 aliphatic rings. The maximum absolute atomic E-state index is 5.64. The van der Waals surface area contributed by atoms with Crippen LogP contribution in [0.5, 0.6) is 0 Å². The number of hydrogen-bond acceptors (Lipinski definition) is 8. The topological polar surface area (TPSA) is 36.9 Å². The van der Waals surface area contributed by atoms with Crippen molar-refractivity contribution >= 4 is 59.5 Å². The second-order valence-electron chi connectivity index (χ2n) is 12.7. The Bertz CT molecular complexity index is 591. The van der Waals surface area contributed by atoms with Crippen LogP contribution < -0.4 is 0 Å². The Morgan fingerprint density at radius 2 is 0.468 bits per heavy atom. The van der Waals surface area contributed by atoms with Gasteiger partial charge in [-0.1, -0.05) is 205 Å². The Kier molecular flexibility index (Phi) is 49.7. The normalized spacial score (nSPS) is 11.7. The van der Waals surface area contributed by atoms with Crippen molar-refractivity contribution in [1.29, 1.82) is 0 Å². The van der Waals surface area contributed by atoms with Gasteiger partial charge in [0.1, 0.15) is 0 Å². The molecule has 0 radical (unpaired) electrons. The van der Waals surface area contributed by atoms with Crippen LogP contribution in [0.4, 0.5) is 0 Å². The van der Waals surface area contributed by atoms with Gasteiger partial charge in [0.05, 0.1) is 37.8 Å². The molecule has 47 heavy (non-hydrogen) atoms. The van der Waals surface area contributed by atoms with Gasteiger partial charge in [-0.05, 0) is 25.7 Å². The molecule has 0 N–H and O–H groups in total. The van der Waals surface area contributed by atoms with Crippen molar-refractivity contribution in [1.82, 2.24) is 0 Å². The molecule has 0 amide bonds. The second kappa shape index (κ2) is 43.2. The van der Waals surface area contributed by atoms with E-state index in [-0.39, 0.29) is 27.3 Å². The van der Waals surface area contributed by atoms with Crippen molar-refractivity contribution in [2.45, 2.75) is 207 Å². The Morgan fingerprint density at radius 3 is 0.638 bits per heavy atom. The molecule has 0 unspecified atom stereocenters. The summed E-state index contributed by atoms with van der Waals surface area (Å²) in [6.45, 7) is 11.7. The molecule has 0 heterocycles. The van der Waals surface area contributed by atoms with Crippen LogP contribution in [-0.2, 0) is 93.5 Å². The van der Waals surface area contributed by atoms with Gasteiger partial charge >= 0.3 is 27.3 Å². The maximum Gasteiger partial charge on any atom is 2.00 e. The van der Waals surface area contributed by atoms with Crippen LogP contribution in [0, 0.1) is 0 Å². The van der Waals surface area contributed by atoms with Crippen LogP contribution in [0.2, 0.25) is 0 Å². The standard InChI is InChI=1S/2C18H39O2PS2.Cd/c2*1-3-5-7-9-11-13-15-17-19-21(22,23)20-18-16-14-12-10-8-6-4-2;/h2*3-18H2,1-2H3,(H,22,23);/q;;+2/p-2. The zero-order valence-electron chi connectivity index (χ0n) is 31.5. The molecule has 0 bridgehead atoms. The van der Waals surface area contributed by atoms with Gasteiger partial charge in [0.25, 0.3) is 0 Å². The fourth-order valence-corrected chi connectivity index (χ4v) is 8.37. The van der Waals surface area contributed by atoms with Crippen LogP contribution in [0.25, 0.3) is 0 Å². The maximum atomic E-state index is 5.64. The molecule has 0 saturated carbocycles. The molecule has 0 aliphatic heterocycles. The van der Waals surface area contributed by atoms with Crippen LogP contribution in [-0.4, -0.2) is 26.4 Å². The van der Waals surface area contributed by atoms with Gasteiger partial charge in [0, 0.05) is 0 Å². The zero-order valence-corrected chi connectivity index (χ0v) is 40.6. The molecule has 0 aromatic carbocycles. The molecule has 0 saturated heterocycles. The van der Waals surface area contributed by atoms with Crippen LogP contribution in [0.15, 0.2) is 0 Å². The SMILES string of the molecule is CCCCCCCCCOP(=S)([S-])OCCCCCCCCC.CCCCCCCCCOP(=S)([S-])OCCCCCCCCC.[Cd+2]. The molecule has 4 nitrogen and oxygen atoms in total. The summed E-state index contributed by atoms with van der Waals surface area (Å²) in [7, 11) is 0. The van der Waals surface area contributed by atoms with Crippen LogP contribution >= 0.6 is 11.4 Å². The Morgan fingerprint density at radius 1 is 0.319 bits per heavy atom. The van der Waals surface area contributed by atoms with E-state index in [2.05, 4.69) is 27.7 Å². The molecule has 0 atom stereocenters. The predicted molar refractivity (Wildman–Crippen MR) is 219 cm³/mol. The summed E-state index contributed by atoms with van der Waals surface area (Å²) in [5, 5.41) is 0. The second-order valence-corrected chi connectivity index (χ2v) is 22.7. The molecular weight excluding hydrogens is 799 g/mol. The smallest absolute Gasteiger partial charge is 0.691 e. The molecule has 280 valence electrons. The molecule has 0 fully saturated rings. The first-order valence-corrected chi connectivity index (χ1v) is 26.7. The zero-order chi connectivity index (χ0) is 34.5. The van der Waals surface area contributed by atoms with E-state index in [9.17, 15) is 0 Å². The summed E-state index contributed by atoms with van der Waals surface area (Å²) in [6, 6.07) is 0. The quantitative estimate of drug-likeness (QED) is 0.0267.